The Hall–Kier alpha value is -1.60. The fraction of sp³-hybridized carbons (Fsp3) is 0.111. The fourth-order valence-corrected chi connectivity index (χ4v) is 0.807. The molecule has 0 heterocycles. The zero-order valence-corrected chi connectivity index (χ0v) is 6.77. The molecule has 0 bridgehead atoms. The summed E-state index contributed by atoms with van der Waals surface area (Å²) in [6.07, 6.45) is 0. The predicted octanol–water partition coefficient (Wildman–Crippen LogP) is 0.857. The van der Waals surface area contributed by atoms with Crippen molar-refractivity contribution >= 4 is 5.69 Å². The molecule has 0 aliphatic rings. The molecule has 0 fully saturated rings. The van der Waals surface area contributed by atoms with E-state index in [2.05, 4.69) is 11.8 Å². The van der Waals surface area contributed by atoms with Gasteiger partial charge in [-0.15, -0.1) is 0 Å². The van der Waals surface area contributed by atoms with Crippen molar-refractivity contribution in [3.63, 3.8) is 0 Å². The molecule has 13 heavy (non-hydrogen) atoms. The van der Waals surface area contributed by atoms with Gasteiger partial charge in [-0.05, 0) is 12.1 Å². The standard InChI is InChI=1S/C9H8F2N2/c10-8-6(2-1-5-12)3-4-7(13)9(8)11/h3-4H,5,12-13H2. The number of nitrogen functional groups attached to an aromatic ring is 1. The number of anilines is 1. The van der Waals surface area contributed by atoms with E-state index in [1.54, 1.807) is 0 Å². The highest BCUT2D eigenvalue weighted by Crippen LogP contribution is 2.16. The van der Waals surface area contributed by atoms with Crippen LogP contribution in [0.15, 0.2) is 12.1 Å². The van der Waals surface area contributed by atoms with Crippen LogP contribution in [0, 0.1) is 23.5 Å². The van der Waals surface area contributed by atoms with Gasteiger partial charge in [0.15, 0.2) is 11.6 Å². The third-order valence-corrected chi connectivity index (χ3v) is 1.44. The maximum absolute atomic E-state index is 13.0. The summed E-state index contributed by atoms with van der Waals surface area (Å²) in [5.41, 5.74) is 9.95. The first-order chi connectivity index (χ1) is 6.16. The van der Waals surface area contributed by atoms with Crippen molar-refractivity contribution in [3.05, 3.63) is 29.3 Å². The van der Waals surface area contributed by atoms with Crippen LogP contribution in [0.25, 0.3) is 0 Å². The molecule has 4 N–H and O–H groups in total. The number of hydrogen-bond donors (Lipinski definition) is 2. The van der Waals surface area contributed by atoms with Crippen LogP contribution in [0.3, 0.4) is 0 Å². The average molecular weight is 182 g/mol. The lowest BCUT2D eigenvalue weighted by Crippen LogP contribution is -1.98. The van der Waals surface area contributed by atoms with Gasteiger partial charge < -0.3 is 11.5 Å². The lowest BCUT2D eigenvalue weighted by molar-refractivity contribution is 0.510. The monoisotopic (exact) mass is 182 g/mol. The van der Waals surface area contributed by atoms with E-state index in [1.165, 1.54) is 12.1 Å². The van der Waals surface area contributed by atoms with Crippen LogP contribution in [0.1, 0.15) is 5.56 Å². The molecule has 0 aliphatic heterocycles. The van der Waals surface area contributed by atoms with Crippen LogP contribution in [-0.2, 0) is 0 Å². The minimum Gasteiger partial charge on any atom is -0.396 e. The lowest BCUT2D eigenvalue weighted by atomic mass is 10.2. The van der Waals surface area contributed by atoms with Gasteiger partial charge in [-0.25, -0.2) is 8.78 Å². The van der Waals surface area contributed by atoms with E-state index in [4.69, 9.17) is 11.5 Å². The first kappa shape index (κ1) is 9.49. The van der Waals surface area contributed by atoms with Crippen molar-refractivity contribution in [2.24, 2.45) is 5.73 Å². The summed E-state index contributed by atoms with van der Waals surface area (Å²) in [5, 5.41) is 0. The molecule has 0 amide bonds. The summed E-state index contributed by atoms with van der Waals surface area (Å²) in [4.78, 5) is 0. The first-order valence-electron chi connectivity index (χ1n) is 3.59. The van der Waals surface area contributed by atoms with E-state index in [0.717, 1.165) is 0 Å². The Bertz CT molecular complexity index is 377. The van der Waals surface area contributed by atoms with Crippen LogP contribution < -0.4 is 11.5 Å². The Kier molecular flexibility index (Phi) is 2.83. The van der Waals surface area contributed by atoms with Gasteiger partial charge in [0.25, 0.3) is 0 Å². The molecule has 1 rings (SSSR count). The Morgan fingerprint density at radius 1 is 1.23 bits per heavy atom. The average Bonchev–Trinajstić information content (AvgIpc) is 2.13. The molecule has 0 spiro atoms. The lowest BCUT2D eigenvalue weighted by Gasteiger charge is -1.98. The molecule has 4 heteroatoms. The zero-order chi connectivity index (χ0) is 9.84. The van der Waals surface area contributed by atoms with Crippen molar-refractivity contribution in [2.45, 2.75) is 0 Å². The highest BCUT2D eigenvalue weighted by molar-refractivity contribution is 5.47. The van der Waals surface area contributed by atoms with Crippen LogP contribution in [0.2, 0.25) is 0 Å². The number of halogens is 2. The maximum Gasteiger partial charge on any atom is 0.182 e. The molecular formula is C9H8F2N2. The summed E-state index contributed by atoms with van der Waals surface area (Å²) < 4.78 is 25.8. The van der Waals surface area contributed by atoms with Crippen molar-refractivity contribution in [1.29, 1.82) is 0 Å². The summed E-state index contributed by atoms with van der Waals surface area (Å²) in [5.74, 6) is 2.72. The molecule has 0 aromatic heterocycles. The summed E-state index contributed by atoms with van der Waals surface area (Å²) in [7, 11) is 0. The third kappa shape index (κ3) is 1.95. The summed E-state index contributed by atoms with van der Waals surface area (Å²) in [6.45, 7) is 0.103. The first-order valence-corrected chi connectivity index (χ1v) is 3.59. The molecule has 0 atom stereocenters. The summed E-state index contributed by atoms with van der Waals surface area (Å²) >= 11 is 0. The summed E-state index contributed by atoms with van der Waals surface area (Å²) in [6, 6.07) is 2.58. The molecule has 0 unspecified atom stereocenters. The quantitative estimate of drug-likeness (QED) is 0.461. The molecule has 68 valence electrons. The van der Waals surface area contributed by atoms with Gasteiger partial charge >= 0.3 is 0 Å². The largest absolute Gasteiger partial charge is 0.396 e. The van der Waals surface area contributed by atoms with E-state index in [0.29, 0.717) is 0 Å². The van der Waals surface area contributed by atoms with Crippen molar-refractivity contribution in [1.82, 2.24) is 0 Å². The van der Waals surface area contributed by atoms with Crippen molar-refractivity contribution in [2.75, 3.05) is 12.3 Å². The minimum absolute atomic E-state index is 0.0304. The minimum atomic E-state index is -1.07. The van der Waals surface area contributed by atoms with Crippen LogP contribution in [-0.4, -0.2) is 6.54 Å². The third-order valence-electron chi connectivity index (χ3n) is 1.44. The zero-order valence-electron chi connectivity index (χ0n) is 6.77. The van der Waals surface area contributed by atoms with Gasteiger partial charge in [0.05, 0.1) is 17.8 Å². The molecule has 0 radical (unpaired) electrons. The van der Waals surface area contributed by atoms with Gasteiger partial charge in [0.2, 0.25) is 0 Å². The smallest absolute Gasteiger partial charge is 0.182 e. The second-order valence-corrected chi connectivity index (χ2v) is 2.34. The Morgan fingerprint density at radius 3 is 2.54 bits per heavy atom. The Balaban J connectivity index is 3.18. The van der Waals surface area contributed by atoms with Gasteiger partial charge in [-0.2, -0.15) is 0 Å². The van der Waals surface area contributed by atoms with E-state index >= 15 is 0 Å². The van der Waals surface area contributed by atoms with Crippen LogP contribution in [0.5, 0.6) is 0 Å². The van der Waals surface area contributed by atoms with Gasteiger partial charge in [-0.3, -0.25) is 0 Å². The maximum atomic E-state index is 13.0. The predicted molar refractivity (Wildman–Crippen MR) is 46.7 cm³/mol. The molecule has 0 saturated heterocycles. The molecule has 1 aromatic carbocycles. The SMILES string of the molecule is NCC#Cc1ccc(N)c(F)c1F. The van der Waals surface area contributed by atoms with Gasteiger partial charge in [0.1, 0.15) is 0 Å². The molecule has 2 nitrogen and oxygen atoms in total. The second-order valence-electron chi connectivity index (χ2n) is 2.34. The Labute approximate surface area is 74.5 Å². The molecule has 1 aromatic rings. The van der Waals surface area contributed by atoms with Crippen molar-refractivity contribution in [3.8, 4) is 11.8 Å². The van der Waals surface area contributed by atoms with Crippen LogP contribution >= 0.6 is 0 Å². The van der Waals surface area contributed by atoms with Crippen LogP contribution in [0.4, 0.5) is 14.5 Å². The van der Waals surface area contributed by atoms with E-state index < -0.39 is 11.6 Å². The topological polar surface area (TPSA) is 52.0 Å². The number of nitrogens with two attached hydrogens (primary N) is 2. The number of benzene rings is 1. The number of rotatable bonds is 0. The van der Waals surface area contributed by atoms with Gasteiger partial charge in [0, 0.05) is 0 Å². The number of hydrogen-bond acceptors (Lipinski definition) is 2. The molecular weight excluding hydrogens is 174 g/mol. The fourth-order valence-electron chi connectivity index (χ4n) is 0.807. The van der Waals surface area contributed by atoms with Crippen molar-refractivity contribution < 1.29 is 8.78 Å². The van der Waals surface area contributed by atoms with E-state index in [-0.39, 0.29) is 17.8 Å². The normalized spacial score (nSPS) is 9.15. The highest BCUT2D eigenvalue weighted by atomic mass is 19.2. The second kappa shape index (κ2) is 3.87. The van der Waals surface area contributed by atoms with E-state index in [9.17, 15) is 8.78 Å². The molecule has 0 aliphatic carbocycles. The van der Waals surface area contributed by atoms with Gasteiger partial charge in [-0.1, -0.05) is 11.8 Å². The van der Waals surface area contributed by atoms with E-state index in [1.807, 2.05) is 0 Å². The Morgan fingerprint density at radius 2 is 1.92 bits per heavy atom. The highest BCUT2D eigenvalue weighted by Gasteiger charge is 2.08. The molecule has 0 saturated carbocycles.